The third-order valence-corrected chi connectivity index (χ3v) is 3.65. The molecule has 122 valence electrons. The maximum atomic E-state index is 11.5. The zero-order valence-electron chi connectivity index (χ0n) is 13.1. The lowest BCUT2D eigenvalue weighted by atomic mass is 10.2. The molecule has 6 heteroatoms. The van der Waals surface area contributed by atoms with E-state index in [1.54, 1.807) is 30.3 Å². The molecular formula is C18H16N2O4. The minimum Gasteiger partial charge on any atom is -0.493 e. The number of nitrogens with one attached hydrogen (secondary N) is 1. The predicted molar refractivity (Wildman–Crippen MR) is 87.2 cm³/mol. The van der Waals surface area contributed by atoms with Crippen molar-refractivity contribution in [2.75, 3.05) is 19.0 Å². The molecule has 0 bridgehead atoms. The highest BCUT2D eigenvalue weighted by Crippen LogP contribution is 2.32. The van der Waals surface area contributed by atoms with Gasteiger partial charge >= 0.3 is 5.97 Å². The van der Waals surface area contributed by atoms with Crippen LogP contribution in [0.15, 0.2) is 42.5 Å². The van der Waals surface area contributed by atoms with Gasteiger partial charge in [0.2, 0.25) is 0 Å². The van der Waals surface area contributed by atoms with Gasteiger partial charge in [0.25, 0.3) is 0 Å². The first-order valence-electron chi connectivity index (χ1n) is 7.49. The van der Waals surface area contributed by atoms with Crippen LogP contribution in [0.4, 0.5) is 5.69 Å². The minimum atomic E-state index is -0.296. The largest absolute Gasteiger partial charge is 0.493 e. The van der Waals surface area contributed by atoms with E-state index in [1.165, 1.54) is 7.11 Å². The second-order valence-electron chi connectivity index (χ2n) is 5.26. The van der Waals surface area contributed by atoms with Gasteiger partial charge in [0, 0.05) is 18.2 Å². The molecule has 2 aromatic rings. The molecule has 0 aliphatic carbocycles. The van der Waals surface area contributed by atoms with E-state index in [0.29, 0.717) is 35.8 Å². The summed E-state index contributed by atoms with van der Waals surface area (Å²) in [6.45, 7) is 0.455. The monoisotopic (exact) mass is 324 g/mol. The lowest BCUT2D eigenvalue weighted by Crippen LogP contribution is -2.24. The zero-order valence-corrected chi connectivity index (χ0v) is 13.1. The molecule has 0 amide bonds. The summed E-state index contributed by atoms with van der Waals surface area (Å²) in [5, 5.41) is 12.0. The first-order chi connectivity index (χ1) is 11.7. The van der Waals surface area contributed by atoms with E-state index in [4.69, 9.17) is 19.5 Å². The summed E-state index contributed by atoms with van der Waals surface area (Å²) in [5.41, 5.74) is 1.32. The molecule has 0 saturated carbocycles. The predicted octanol–water partition coefficient (Wildman–Crippen LogP) is 3.09. The number of hydrogen-bond donors (Lipinski definition) is 1. The van der Waals surface area contributed by atoms with Crippen molar-refractivity contribution in [1.82, 2.24) is 0 Å². The number of methoxy groups -OCH3 is 1. The van der Waals surface area contributed by atoms with Crippen LogP contribution < -0.4 is 14.8 Å². The Kier molecular flexibility index (Phi) is 4.52. The van der Waals surface area contributed by atoms with Crippen LogP contribution in [0.1, 0.15) is 12.0 Å². The number of esters is 1. The molecule has 0 aromatic heterocycles. The average Bonchev–Trinajstić information content (AvgIpc) is 3.01. The van der Waals surface area contributed by atoms with Gasteiger partial charge in [-0.1, -0.05) is 0 Å². The van der Waals surface area contributed by atoms with Crippen molar-refractivity contribution in [2.24, 2.45) is 0 Å². The van der Waals surface area contributed by atoms with Crippen molar-refractivity contribution < 1.29 is 19.0 Å². The Morgan fingerprint density at radius 2 is 2.00 bits per heavy atom. The zero-order chi connectivity index (χ0) is 16.9. The van der Waals surface area contributed by atoms with Gasteiger partial charge in [-0.25, -0.2) is 4.79 Å². The van der Waals surface area contributed by atoms with Crippen molar-refractivity contribution in [3.8, 4) is 23.3 Å². The van der Waals surface area contributed by atoms with E-state index >= 15 is 0 Å². The second-order valence-corrected chi connectivity index (χ2v) is 5.26. The van der Waals surface area contributed by atoms with E-state index in [0.717, 1.165) is 5.69 Å². The summed E-state index contributed by atoms with van der Waals surface area (Å²) >= 11 is 0. The Morgan fingerprint density at radius 1 is 1.21 bits per heavy atom. The lowest BCUT2D eigenvalue weighted by Gasteiger charge is -2.13. The molecule has 1 unspecified atom stereocenters. The fraction of sp³-hybridized carbons (Fsp3) is 0.222. The molecular weight excluding hydrogens is 308 g/mol. The molecule has 2 aromatic carbocycles. The van der Waals surface area contributed by atoms with E-state index < -0.39 is 0 Å². The first-order valence-corrected chi connectivity index (χ1v) is 7.49. The highest BCUT2D eigenvalue weighted by molar-refractivity contribution is 5.80. The van der Waals surface area contributed by atoms with Gasteiger partial charge in [-0.3, -0.25) is 0 Å². The summed E-state index contributed by atoms with van der Waals surface area (Å²) in [4.78, 5) is 11.5. The van der Waals surface area contributed by atoms with Gasteiger partial charge in [0.15, 0.2) is 11.5 Å². The number of hydrogen-bond acceptors (Lipinski definition) is 6. The molecule has 3 rings (SSSR count). The van der Waals surface area contributed by atoms with Gasteiger partial charge in [-0.05, 0) is 36.4 Å². The second kappa shape index (κ2) is 6.92. The van der Waals surface area contributed by atoms with Crippen molar-refractivity contribution in [3.05, 3.63) is 48.0 Å². The SMILES string of the molecule is COc1cc(C#N)ccc1Oc1ccc(NC2CCOC2=O)cc1. The molecule has 24 heavy (non-hydrogen) atoms. The van der Waals surface area contributed by atoms with Crippen LogP contribution in [0.25, 0.3) is 0 Å². The fourth-order valence-corrected chi connectivity index (χ4v) is 2.40. The third-order valence-electron chi connectivity index (χ3n) is 3.65. The third kappa shape index (κ3) is 3.41. The number of cyclic esters (lactones) is 1. The van der Waals surface area contributed by atoms with Crippen molar-refractivity contribution >= 4 is 11.7 Å². The Morgan fingerprint density at radius 3 is 2.62 bits per heavy atom. The number of carbonyl (C=O) groups is 1. The summed E-state index contributed by atoms with van der Waals surface area (Å²) in [6.07, 6.45) is 0.666. The summed E-state index contributed by atoms with van der Waals surface area (Å²) in [7, 11) is 1.52. The van der Waals surface area contributed by atoms with Crippen molar-refractivity contribution in [3.63, 3.8) is 0 Å². The molecule has 1 fully saturated rings. The maximum Gasteiger partial charge on any atom is 0.328 e. The Hall–Kier alpha value is -3.20. The lowest BCUT2D eigenvalue weighted by molar-refractivity contribution is -0.138. The van der Waals surface area contributed by atoms with E-state index in [9.17, 15) is 4.79 Å². The van der Waals surface area contributed by atoms with Crippen LogP contribution in [0, 0.1) is 11.3 Å². The van der Waals surface area contributed by atoms with Crippen molar-refractivity contribution in [1.29, 1.82) is 5.26 Å². The normalized spacial score (nSPS) is 16.2. The fourth-order valence-electron chi connectivity index (χ4n) is 2.40. The highest BCUT2D eigenvalue weighted by atomic mass is 16.5. The Balaban J connectivity index is 1.70. The molecule has 1 atom stereocenters. The summed E-state index contributed by atoms with van der Waals surface area (Å²) in [6, 6.07) is 14.0. The number of anilines is 1. The van der Waals surface area contributed by atoms with Gasteiger partial charge in [0.1, 0.15) is 11.8 Å². The van der Waals surface area contributed by atoms with Gasteiger partial charge in [-0.15, -0.1) is 0 Å². The van der Waals surface area contributed by atoms with Crippen LogP contribution >= 0.6 is 0 Å². The van der Waals surface area contributed by atoms with Crippen molar-refractivity contribution in [2.45, 2.75) is 12.5 Å². The number of rotatable bonds is 5. The van der Waals surface area contributed by atoms with Crippen LogP contribution in [-0.2, 0) is 9.53 Å². The molecule has 1 aliphatic heterocycles. The molecule has 0 radical (unpaired) electrons. The minimum absolute atomic E-state index is 0.224. The molecule has 1 aliphatic rings. The number of nitriles is 1. The van der Waals surface area contributed by atoms with E-state index in [1.807, 2.05) is 12.1 Å². The number of nitrogens with zero attached hydrogens (tertiary/aromatic N) is 1. The van der Waals surface area contributed by atoms with Gasteiger partial charge in [-0.2, -0.15) is 5.26 Å². The molecule has 0 spiro atoms. The Bertz CT molecular complexity index is 781. The first kappa shape index (κ1) is 15.7. The number of ether oxygens (including phenoxy) is 3. The smallest absolute Gasteiger partial charge is 0.328 e. The summed E-state index contributed by atoms with van der Waals surface area (Å²) in [5.74, 6) is 1.41. The van der Waals surface area contributed by atoms with Crippen LogP contribution in [0.3, 0.4) is 0 Å². The Labute approximate surface area is 139 Å². The van der Waals surface area contributed by atoms with Crippen LogP contribution in [-0.4, -0.2) is 25.7 Å². The number of benzene rings is 2. The molecule has 1 saturated heterocycles. The average molecular weight is 324 g/mol. The highest BCUT2D eigenvalue weighted by Gasteiger charge is 2.25. The van der Waals surface area contributed by atoms with Crippen LogP contribution in [0.5, 0.6) is 17.2 Å². The standard InChI is InChI=1S/C18H16N2O4/c1-22-17-10-12(11-19)2-7-16(17)24-14-5-3-13(4-6-14)20-15-8-9-23-18(15)21/h2-7,10,15,20H,8-9H2,1H3. The maximum absolute atomic E-state index is 11.5. The van der Waals surface area contributed by atoms with Gasteiger partial charge in [0.05, 0.1) is 25.3 Å². The topological polar surface area (TPSA) is 80.6 Å². The van der Waals surface area contributed by atoms with Crippen LogP contribution in [0.2, 0.25) is 0 Å². The molecule has 1 heterocycles. The van der Waals surface area contributed by atoms with Gasteiger partial charge < -0.3 is 19.5 Å². The number of carbonyl (C=O) groups excluding carboxylic acids is 1. The summed E-state index contributed by atoms with van der Waals surface area (Å²) < 4.78 is 16.0. The molecule has 1 N–H and O–H groups in total. The van der Waals surface area contributed by atoms with E-state index in [2.05, 4.69) is 11.4 Å². The quantitative estimate of drug-likeness (QED) is 0.851. The van der Waals surface area contributed by atoms with E-state index in [-0.39, 0.29) is 12.0 Å². The molecule has 6 nitrogen and oxygen atoms in total.